The van der Waals surface area contributed by atoms with Crippen molar-refractivity contribution in [2.75, 3.05) is 19.6 Å². The van der Waals surface area contributed by atoms with Crippen molar-refractivity contribution >= 4 is 23.4 Å². The molecule has 4 rings (SSSR count). The van der Waals surface area contributed by atoms with Crippen molar-refractivity contribution in [1.29, 1.82) is 0 Å². The molecule has 1 atom stereocenters. The molecule has 0 aliphatic carbocycles. The van der Waals surface area contributed by atoms with Crippen LogP contribution in [0.2, 0.25) is 5.02 Å². The maximum absolute atomic E-state index is 12.6. The number of halogens is 1. The summed E-state index contributed by atoms with van der Waals surface area (Å²) in [6.45, 7) is 1.89. The van der Waals surface area contributed by atoms with Crippen molar-refractivity contribution < 1.29 is 14.3 Å². The van der Waals surface area contributed by atoms with Crippen molar-refractivity contribution in [3.63, 3.8) is 0 Å². The van der Waals surface area contributed by atoms with E-state index in [9.17, 15) is 9.59 Å². The highest BCUT2D eigenvalue weighted by atomic mass is 35.5. The molecule has 2 aliphatic rings. The minimum Gasteiger partial charge on any atom is -0.370 e. The Kier molecular flexibility index (Phi) is 6.35. The summed E-state index contributed by atoms with van der Waals surface area (Å²) in [5.74, 6) is 0.0228. The normalized spacial score (nSPS) is 20.3. The lowest BCUT2D eigenvalue weighted by Gasteiger charge is -2.39. The Balaban J connectivity index is 1.23. The number of likely N-dealkylation sites (tertiary alicyclic amines) is 1. The van der Waals surface area contributed by atoms with E-state index in [1.54, 1.807) is 30.6 Å². The molecular formula is C23H26ClN3O3. The molecule has 158 valence electrons. The lowest BCUT2D eigenvalue weighted by molar-refractivity contribution is -0.122. The van der Waals surface area contributed by atoms with Crippen molar-refractivity contribution in [3.8, 4) is 0 Å². The van der Waals surface area contributed by atoms with E-state index in [2.05, 4.69) is 10.3 Å². The summed E-state index contributed by atoms with van der Waals surface area (Å²) in [5, 5.41) is 3.62. The standard InChI is InChI=1S/C23H26ClN3O3/c24-19-3-1-2-17(14-19)15-21(28)26-16-20-4-7-23(30-20)8-12-27(13-9-23)22(29)18-5-10-25-11-6-18/h1-3,5-6,10-11,14,20H,4,7-9,12-13,15-16H2,(H,26,28)/t20-/m0/s1. The zero-order valence-electron chi connectivity index (χ0n) is 16.9. The van der Waals surface area contributed by atoms with Gasteiger partial charge in [-0.05, 0) is 55.5 Å². The molecule has 0 radical (unpaired) electrons. The number of nitrogens with zero attached hydrogens (tertiary/aromatic N) is 2. The average Bonchev–Trinajstić information content (AvgIpc) is 3.15. The van der Waals surface area contributed by atoms with Crippen LogP contribution in [-0.4, -0.2) is 53.0 Å². The van der Waals surface area contributed by atoms with Gasteiger partial charge in [-0.15, -0.1) is 0 Å². The quantitative estimate of drug-likeness (QED) is 0.795. The van der Waals surface area contributed by atoms with E-state index in [1.807, 2.05) is 23.1 Å². The number of piperidine rings is 1. The van der Waals surface area contributed by atoms with Gasteiger partial charge in [0.05, 0.1) is 18.1 Å². The van der Waals surface area contributed by atoms with Crippen LogP contribution in [-0.2, 0) is 16.0 Å². The molecule has 3 heterocycles. The summed E-state index contributed by atoms with van der Waals surface area (Å²) in [6, 6.07) is 10.9. The largest absolute Gasteiger partial charge is 0.370 e. The first-order chi connectivity index (χ1) is 14.5. The molecule has 2 aromatic rings. The van der Waals surface area contributed by atoms with E-state index in [-0.39, 0.29) is 23.5 Å². The minimum atomic E-state index is -0.169. The minimum absolute atomic E-state index is 0.0239. The maximum Gasteiger partial charge on any atom is 0.253 e. The number of rotatable bonds is 5. The van der Waals surface area contributed by atoms with Crippen molar-refractivity contribution in [3.05, 3.63) is 64.9 Å². The average molecular weight is 428 g/mol. The Morgan fingerprint density at radius 2 is 1.93 bits per heavy atom. The van der Waals surface area contributed by atoms with E-state index in [0.29, 0.717) is 36.6 Å². The molecule has 0 bridgehead atoms. The first-order valence-corrected chi connectivity index (χ1v) is 10.8. The molecule has 30 heavy (non-hydrogen) atoms. The number of amides is 2. The fraction of sp³-hybridized carbons (Fsp3) is 0.435. The Bertz CT molecular complexity index is 898. The topological polar surface area (TPSA) is 71.5 Å². The lowest BCUT2D eigenvalue weighted by atomic mass is 9.88. The highest BCUT2D eigenvalue weighted by molar-refractivity contribution is 6.30. The number of hydrogen-bond acceptors (Lipinski definition) is 4. The number of hydrogen-bond donors (Lipinski definition) is 1. The Morgan fingerprint density at radius 3 is 2.67 bits per heavy atom. The Labute approximate surface area is 181 Å². The van der Waals surface area contributed by atoms with Gasteiger partial charge in [0.1, 0.15) is 0 Å². The fourth-order valence-electron chi connectivity index (χ4n) is 4.32. The third-order valence-electron chi connectivity index (χ3n) is 6.01. The molecule has 0 saturated carbocycles. The van der Waals surface area contributed by atoms with Crippen LogP contribution in [0.25, 0.3) is 0 Å². The van der Waals surface area contributed by atoms with E-state index in [1.165, 1.54) is 0 Å². The number of carbonyl (C=O) groups is 2. The van der Waals surface area contributed by atoms with Gasteiger partial charge in [0.25, 0.3) is 5.91 Å². The molecule has 2 aliphatic heterocycles. The summed E-state index contributed by atoms with van der Waals surface area (Å²) in [4.78, 5) is 30.7. The molecule has 1 spiro atoms. The molecule has 7 heteroatoms. The summed E-state index contributed by atoms with van der Waals surface area (Å²) < 4.78 is 6.36. The molecular weight excluding hydrogens is 402 g/mol. The second-order valence-corrected chi connectivity index (χ2v) is 8.54. The number of benzene rings is 1. The second-order valence-electron chi connectivity index (χ2n) is 8.10. The van der Waals surface area contributed by atoms with Crippen LogP contribution in [0.15, 0.2) is 48.8 Å². The number of ether oxygens (including phenoxy) is 1. The highest BCUT2D eigenvalue weighted by Gasteiger charge is 2.43. The number of aromatic nitrogens is 1. The molecule has 1 aromatic heterocycles. The van der Waals surface area contributed by atoms with Gasteiger partial charge >= 0.3 is 0 Å². The van der Waals surface area contributed by atoms with Crippen LogP contribution in [0.4, 0.5) is 0 Å². The van der Waals surface area contributed by atoms with E-state index in [4.69, 9.17) is 16.3 Å². The fourth-order valence-corrected chi connectivity index (χ4v) is 4.54. The molecule has 1 aromatic carbocycles. The Hall–Kier alpha value is -2.44. The summed E-state index contributed by atoms with van der Waals surface area (Å²) >= 11 is 5.98. The van der Waals surface area contributed by atoms with E-state index >= 15 is 0 Å². The first kappa shape index (κ1) is 20.8. The molecule has 0 unspecified atom stereocenters. The number of nitrogens with one attached hydrogen (secondary N) is 1. The summed E-state index contributed by atoms with van der Waals surface area (Å²) in [7, 11) is 0. The summed E-state index contributed by atoms with van der Waals surface area (Å²) in [6.07, 6.45) is 7.18. The third-order valence-corrected chi connectivity index (χ3v) is 6.24. The smallest absolute Gasteiger partial charge is 0.253 e. The van der Waals surface area contributed by atoms with Crippen LogP contribution in [0.5, 0.6) is 0 Å². The Morgan fingerprint density at radius 1 is 1.17 bits per heavy atom. The van der Waals surface area contributed by atoms with Crippen molar-refractivity contribution in [1.82, 2.24) is 15.2 Å². The van der Waals surface area contributed by atoms with E-state index in [0.717, 1.165) is 31.2 Å². The highest BCUT2D eigenvalue weighted by Crippen LogP contribution is 2.39. The molecule has 2 amide bonds. The zero-order chi connectivity index (χ0) is 21.0. The van der Waals surface area contributed by atoms with Gasteiger partial charge in [-0.25, -0.2) is 0 Å². The van der Waals surface area contributed by atoms with Gasteiger partial charge in [0, 0.05) is 42.6 Å². The predicted molar refractivity (Wildman–Crippen MR) is 114 cm³/mol. The van der Waals surface area contributed by atoms with Gasteiger partial charge in [-0.1, -0.05) is 23.7 Å². The number of carbonyl (C=O) groups excluding carboxylic acids is 2. The van der Waals surface area contributed by atoms with Gasteiger partial charge < -0.3 is 15.0 Å². The summed E-state index contributed by atoms with van der Waals surface area (Å²) in [5.41, 5.74) is 1.40. The van der Waals surface area contributed by atoms with Gasteiger partial charge in [0.15, 0.2) is 0 Å². The predicted octanol–water partition coefficient (Wildman–Crippen LogP) is 3.25. The molecule has 1 N–H and O–H groups in total. The molecule has 2 saturated heterocycles. The van der Waals surface area contributed by atoms with Gasteiger partial charge in [-0.2, -0.15) is 0 Å². The van der Waals surface area contributed by atoms with Crippen molar-refractivity contribution in [2.24, 2.45) is 0 Å². The zero-order valence-corrected chi connectivity index (χ0v) is 17.6. The monoisotopic (exact) mass is 427 g/mol. The van der Waals surface area contributed by atoms with Gasteiger partial charge in [-0.3, -0.25) is 14.6 Å². The SMILES string of the molecule is O=C(Cc1cccc(Cl)c1)NC[C@@H]1CCC2(CCN(C(=O)c3ccncc3)CC2)O1. The van der Waals surface area contributed by atoms with E-state index < -0.39 is 0 Å². The second kappa shape index (κ2) is 9.14. The third kappa shape index (κ3) is 4.99. The number of pyridine rings is 1. The lowest BCUT2D eigenvalue weighted by Crippen LogP contribution is -2.47. The van der Waals surface area contributed by atoms with Crippen LogP contribution < -0.4 is 5.32 Å². The molecule has 2 fully saturated rings. The first-order valence-electron chi connectivity index (χ1n) is 10.4. The van der Waals surface area contributed by atoms with Gasteiger partial charge in [0.2, 0.25) is 5.91 Å². The van der Waals surface area contributed by atoms with Crippen LogP contribution >= 0.6 is 11.6 Å². The molecule has 6 nitrogen and oxygen atoms in total. The van der Waals surface area contributed by atoms with Crippen LogP contribution in [0, 0.1) is 0 Å². The van der Waals surface area contributed by atoms with Crippen molar-refractivity contribution in [2.45, 2.75) is 43.8 Å². The van der Waals surface area contributed by atoms with Crippen LogP contribution in [0.3, 0.4) is 0 Å². The van der Waals surface area contributed by atoms with Crippen LogP contribution in [0.1, 0.15) is 41.6 Å². The maximum atomic E-state index is 12.6.